The summed E-state index contributed by atoms with van der Waals surface area (Å²) < 4.78 is 16.7. The summed E-state index contributed by atoms with van der Waals surface area (Å²) in [6.45, 7) is 7.18. The number of carboxylic acid groups (broad SMARTS) is 1. The molecule has 2 atom stereocenters. The zero-order valence-corrected chi connectivity index (χ0v) is 17.3. The summed E-state index contributed by atoms with van der Waals surface area (Å²) in [6, 6.07) is 6.47. The van der Waals surface area contributed by atoms with Gasteiger partial charge in [0.05, 0.1) is 13.7 Å². The van der Waals surface area contributed by atoms with Crippen molar-refractivity contribution < 1.29 is 28.9 Å². The molecular formula is C21H26N2O6. The summed E-state index contributed by atoms with van der Waals surface area (Å²) in [4.78, 5) is 29.8. The Labute approximate surface area is 169 Å². The van der Waals surface area contributed by atoms with Crippen LogP contribution in [-0.2, 0) is 9.53 Å². The third kappa shape index (κ3) is 4.70. The number of ether oxygens (including phenoxy) is 3. The van der Waals surface area contributed by atoms with E-state index in [0.29, 0.717) is 5.88 Å². The van der Waals surface area contributed by atoms with E-state index in [2.05, 4.69) is 4.98 Å². The number of hydrogen-bond donors (Lipinski definition) is 1. The van der Waals surface area contributed by atoms with Gasteiger partial charge in [-0.05, 0) is 57.3 Å². The normalized spacial score (nSPS) is 19.3. The third-order valence-corrected chi connectivity index (χ3v) is 4.59. The Morgan fingerprint density at radius 2 is 1.97 bits per heavy atom. The minimum absolute atomic E-state index is 0.110. The number of carboxylic acids is 1. The topological polar surface area (TPSA) is 98.2 Å². The van der Waals surface area contributed by atoms with Crippen molar-refractivity contribution in [2.45, 2.75) is 51.9 Å². The molecule has 2 heterocycles. The Kier molecular flexibility index (Phi) is 5.55. The predicted molar refractivity (Wildman–Crippen MR) is 106 cm³/mol. The number of benzene rings is 1. The molecule has 2 unspecified atom stereocenters. The molecule has 1 saturated heterocycles. The van der Waals surface area contributed by atoms with Crippen molar-refractivity contribution in [3.8, 4) is 11.6 Å². The number of aliphatic carboxylic acids is 1. The number of rotatable bonds is 4. The van der Waals surface area contributed by atoms with Gasteiger partial charge in [-0.2, -0.15) is 0 Å². The summed E-state index contributed by atoms with van der Waals surface area (Å²) in [7, 11) is 1.60. The van der Waals surface area contributed by atoms with Crippen LogP contribution in [0.3, 0.4) is 0 Å². The maximum Gasteiger partial charge on any atom is 0.411 e. The average molecular weight is 402 g/mol. The molecule has 3 rings (SSSR count). The molecule has 0 bridgehead atoms. The summed E-state index contributed by atoms with van der Waals surface area (Å²) in [5, 5.41) is 11.3. The lowest BCUT2D eigenvalue weighted by Gasteiger charge is -2.26. The fourth-order valence-electron chi connectivity index (χ4n) is 3.35. The summed E-state index contributed by atoms with van der Waals surface area (Å²) >= 11 is 0. The molecule has 0 spiro atoms. The molecule has 1 amide bonds. The van der Waals surface area contributed by atoms with Gasteiger partial charge < -0.3 is 19.3 Å². The smallest absolute Gasteiger partial charge is 0.411 e. The minimum atomic E-state index is -1.09. The van der Waals surface area contributed by atoms with E-state index in [9.17, 15) is 14.7 Å². The molecule has 0 radical (unpaired) electrons. The van der Waals surface area contributed by atoms with Crippen molar-refractivity contribution in [1.82, 2.24) is 9.88 Å². The first kappa shape index (κ1) is 20.7. The van der Waals surface area contributed by atoms with Gasteiger partial charge in [-0.25, -0.2) is 14.6 Å². The van der Waals surface area contributed by atoms with Crippen LogP contribution < -0.4 is 9.47 Å². The number of carbonyl (C=O) groups excluding carboxylic acids is 1. The Hall–Kier alpha value is -3.03. The zero-order chi connectivity index (χ0) is 21.3. The van der Waals surface area contributed by atoms with E-state index in [1.165, 1.54) is 4.90 Å². The number of hydrogen-bond acceptors (Lipinski definition) is 6. The van der Waals surface area contributed by atoms with E-state index in [1.54, 1.807) is 27.9 Å². The van der Waals surface area contributed by atoms with Crippen molar-refractivity contribution in [3.05, 3.63) is 30.0 Å². The standard InChI is InChI=1S/C21H26N2O6/c1-12-8-13-9-14(27-5)6-7-16(13)18(22-12)28-15-10-17(19(24)25)23(11-15)20(26)29-21(2,3)4/h6-9,15,17H,10-11H2,1-5H3,(H,24,25). The number of likely N-dealkylation sites (tertiary alicyclic amines) is 1. The molecule has 0 saturated carbocycles. The van der Waals surface area contributed by atoms with Gasteiger partial charge in [0.25, 0.3) is 0 Å². The van der Waals surface area contributed by atoms with Crippen molar-refractivity contribution >= 4 is 22.8 Å². The van der Waals surface area contributed by atoms with E-state index in [4.69, 9.17) is 14.2 Å². The van der Waals surface area contributed by atoms with Crippen LogP contribution >= 0.6 is 0 Å². The number of aryl methyl sites for hydroxylation is 1. The SMILES string of the molecule is COc1ccc2c(OC3CC(C(=O)O)N(C(=O)OC(C)(C)C)C3)nc(C)cc2c1. The maximum absolute atomic E-state index is 12.5. The van der Waals surface area contributed by atoms with Crippen LogP contribution in [0.1, 0.15) is 32.9 Å². The molecule has 1 aromatic carbocycles. The zero-order valence-electron chi connectivity index (χ0n) is 17.3. The number of amides is 1. The number of pyridine rings is 1. The quantitative estimate of drug-likeness (QED) is 0.837. The lowest BCUT2D eigenvalue weighted by molar-refractivity contribution is -0.142. The molecular weight excluding hydrogens is 376 g/mol. The fraction of sp³-hybridized carbons (Fsp3) is 0.476. The monoisotopic (exact) mass is 402 g/mol. The molecule has 1 aromatic heterocycles. The van der Waals surface area contributed by atoms with Crippen LogP contribution in [0.2, 0.25) is 0 Å². The number of fused-ring (bicyclic) bond motifs is 1. The Morgan fingerprint density at radius 1 is 1.24 bits per heavy atom. The number of methoxy groups -OCH3 is 1. The maximum atomic E-state index is 12.5. The van der Waals surface area contributed by atoms with E-state index in [0.717, 1.165) is 22.2 Å². The second kappa shape index (κ2) is 7.77. The van der Waals surface area contributed by atoms with Gasteiger partial charge in [-0.1, -0.05) is 0 Å². The summed E-state index contributed by atoms with van der Waals surface area (Å²) in [5.74, 6) is 0.0357. The van der Waals surface area contributed by atoms with E-state index < -0.39 is 29.8 Å². The molecule has 29 heavy (non-hydrogen) atoms. The molecule has 1 fully saturated rings. The minimum Gasteiger partial charge on any atom is -0.497 e. The average Bonchev–Trinajstić information content (AvgIpc) is 3.04. The van der Waals surface area contributed by atoms with E-state index >= 15 is 0 Å². The highest BCUT2D eigenvalue weighted by atomic mass is 16.6. The summed E-state index contributed by atoms with van der Waals surface area (Å²) in [6.07, 6.45) is -1.02. The van der Waals surface area contributed by atoms with E-state index in [1.807, 2.05) is 31.2 Å². The van der Waals surface area contributed by atoms with Crippen LogP contribution in [0.5, 0.6) is 11.6 Å². The second-order valence-corrected chi connectivity index (χ2v) is 8.12. The fourth-order valence-corrected chi connectivity index (χ4v) is 3.35. The van der Waals surface area contributed by atoms with Crippen LogP contribution in [0, 0.1) is 6.92 Å². The van der Waals surface area contributed by atoms with Crippen LogP contribution in [-0.4, -0.2) is 58.5 Å². The highest BCUT2D eigenvalue weighted by Crippen LogP contribution is 2.31. The van der Waals surface area contributed by atoms with Crippen LogP contribution in [0.15, 0.2) is 24.3 Å². The van der Waals surface area contributed by atoms with Gasteiger partial charge in [0.1, 0.15) is 23.5 Å². The van der Waals surface area contributed by atoms with Gasteiger partial charge >= 0.3 is 12.1 Å². The van der Waals surface area contributed by atoms with E-state index in [-0.39, 0.29) is 13.0 Å². The lowest BCUT2D eigenvalue weighted by atomic mass is 10.1. The Balaban J connectivity index is 1.85. The van der Waals surface area contributed by atoms with Crippen molar-refractivity contribution in [1.29, 1.82) is 0 Å². The Bertz CT molecular complexity index is 937. The van der Waals surface area contributed by atoms with Gasteiger partial charge in [0, 0.05) is 17.5 Å². The van der Waals surface area contributed by atoms with Gasteiger partial charge in [0.2, 0.25) is 5.88 Å². The molecule has 156 valence electrons. The highest BCUT2D eigenvalue weighted by molar-refractivity contribution is 5.88. The first-order valence-electron chi connectivity index (χ1n) is 9.42. The van der Waals surface area contributed by atoms with Crippen LogP contribution in [0.4, 0.5) is 4.79 Å². The molecule has 1 N–H and O–H groups in total. The van der Waals surface area contributed by atoms with Crippen LogP contribution in [0.25, 0.3) is 10.8 Å². The number of aromatic nitrogens is 1. The van der Waals surface area contributed by atoms with Gasteiger partial charge in [-0.15, -0.1) is 0 Å². The third-order valence-electron chi connectivity index (χ3n) is 4.59. The van der Waals surface area contributed by atoms with Crippen molar-refractivity contribution in [2.24, 2.45) is 0 Å². The first-order chi connectivity index (χ1) is 13.6. The molecule has 1 aliphatic rings. The number of carbonyl (C=O) groups is 2. The van der Waals surface area contributed by atoms with Crippen molar-refractivity contribution in [3.63, 3.8) is 0 Å². The predicted octanol–water partition coefficient (Wildman–Crippen LogP) is 3.39. The molecule has 8 heteroatoms. The lowest BCUT2D eigenvalue weighted by Crippen LogP contribution is -2.43. The summed E-state index contributed by atoms with van der Waals surface area (Å²) in [5.41, 5.74) is 0.0458. The Morgan fingerprint density at radius 3 is 2.59 bits per heavy atom. The first-order valence-corrected chi connectivity index (χ1v) is 9.42. The molecule has 8 nitrogen and oxygen atoms in total. The molecule has 1 aliphatic heterocycles. The molecule has 0 aliphatic carbocycles. The highest BCUT2D eigenvalue weighted by Gasteiger charge is 2.43. The van der Waals surface area contributed by atoms with Crippen molar-refractivity contribution in [2.75, 3.05) is 13.7 Å². The number of nitrogens with zero attached hydrogens (tertiary/aromatic N) is 2. The van der Waals surface area contributed by atoms with Gasteiger partial charge in [0.15, 0.2) is 0 Å². The second-order valence-electron chi connectivity index (χ2n) is 8.12. The largest absolute Gasteiger partial charge is 0.497 e. The van der Waals surface area contributed by atoms with Gasteiger partial charge in [-0.3, -0.25) is 4.90 Å². The molecule has 2 aromatic rings.